The molecule has 1 saturated heterocycles. The predicted octanol–water partition coefficient (Wildman–Crippen LogP) is 2.23. The molecule has 0 spiro atoms. The van der Waals surface area contributed by atoms with Crippen LogP contribution in [0.25, 0.3) is 0 Å². The summed E-state index contributed by atoms with van der Waals surface area (Å²) < 4.78 is 0. The van der Waals surface area contributed by atoms with Crippen molar-refractivity contribution in [2.75, 3.05) is 36.0 Å². The molecular formula is C15H23N3O2. The molecule has 2 heterocycles. The Balaban J connectivity index is 2.04. The van der Waals surface area contributed by atoms with Gasteiger partial charge in [-0.1, -0.05) is 6.92 Å². The minimum absolute atomic E-state index is 0.381. The Morgan fingerprint density at radius 2 is 2.15 bits per heavy atom. The van der Waals surface area contributed by atoms with Crippen molar-refractivity contribution in [1.82, 2.24) is 4.98 Å². The third-order valence-electron chi connectivity index (χ3n) is 3.83. The number of hydrogen-bond acceptors (Lipinski definition) is 4. The van der Waals surface area contributed by atoms with Crippen LogP contribution in [0, 0.1) is 5.92 Å². The molecule has 5 nitrogen and oxygen atoms in total. The Morgan fingerprint density at radius 3 is 2.65 bits per heavy atom. The summed E-state index contributed by atoms with van der Waals surface area (Å²) in [5, 5.41) is 9.01. The van der Waals surface area contributed by atoms with Gasteiger partial charge in [-0.25, -0.2) is 4.98 Å². The van der Waals surface area contributed by atoms with Gasteiger partial charge in [0.2, 0.25) is 0 Å². The van der Waals surface area contributed by atoms with Crippen molar-refractivity contribution < 1.29 is 9.90 Å². The van der Waals surface area contributed by atoms with Crippen LogP contribution in [0.15, 0.2) is 18.3 Å². The third-order valence-corrected chi connectivity index (χ3v) is 3.83. The summed E-state index contributed by atoms with van der Waals surface area (Å²) in [5.41, 5.74) is 0.989. The fourth-order valence-electron chi connectivity index (χ4n) is 2.52. The molecule has 0 bridgehead atoms. The molecule has 1 atom stereocenters. The van der Waals surface area contributed by atoms with Crippen molar-refractivity contribution in [3.05, 3.63) is 18.3 Å². The first-order chi connectivity index (χ1) is 9.61. The first-order valence-electron chi connectivity index (χ1n) is 7.30. The highest BCUT2D eigenvalue weighted by molar-refractivity contribution is 5.70. The van der Waals surface area contributed by atoms with Gasteiger partial charge in [0.25, 0.3) is 0 Å². The summed E-state index contributed by atoms with van der Waals surface area (Å²) in [6, 6.07) is 4.08. The molecule has 1 unspecified atom stereocenters. The van der Waals surface area contributed by atoms with Crippen molar-refractivity contribution >= 4 is 17.5 Å². The second-order valence-electron chi connectivity index (χ2n) is 5.35. The Hall–Kier alpha value is -1.78. The molecule has 1 aliphatic rings. The van der Waals surface area contributed by atoms with Gasteiger partial charge in [0.1, 0.15) is 5.82 Å². The fourth-order valence-corrected chi connectivity index (χ4v) is 2.52. The van der Waals surface area contributed by atoms with Gasteiger partial charge in [-0.3, -0.25) is 4.79 Å². The lowest BCUT2D eigenvalue weighted by Crippen LogP contribution is -2.31. The van der Waals surface area contributed by atoms with Gasteiger partial charge in [0.05, 0.1) is 17.8 Å². The summed E-state index contributed by atoms with van der Waals surface area (Å²) >= 11 is 0. The van der Waals surface area contributed by atoms with Crippen LogP contribution in [-0.2, 0) is 4.79 Å². The van der Waals surface area contributed by atoms with E-state index in [2.05, 4.69) is 14.8 Å². The number of rotatable bonds is 6. The molecule has 110 valence electrons. The fraction of sp³-hybridized carbons (Fsp3) is 0.600. The second kappa shape index (κ2) is 6.59. The van der Waals surface area contributed by atoms with Crippen LogP contribution in [0.4, 0.5) is 11.5 Å². The van der Waals surface area contributed by atoms with Crippen LogP contribution in [0.1, 0.15) is 26.7 Å². The van der Waals surface area contributed by atoms with E-state index < -0.39 is 5.97 Å². The van der Waals surface area contributed by atoms with Crippen LogP contribution in [0.5, 0.6) is 0 Å². The number of nitrogens with zero attached hydrogens (tertiary/aromatic N) is 3. The molecule has 0 aromatic carbocycles. The Kier molecular flexibility index (Phi) is 4.82. The van der Waals surface area contributed by atoms with E-state index in [1.54, 1.807) is 6.92 Å². The van der Waals surface area contributed by atoms with Gasteiger partial charge in [-0.15, -0.1) is 0 Å². The molecule has 20 heavy (non-hydrogen) atoms. The molecule has 1 aromatic rings. The number of anilines is 2. The van der Waals surface area contributed by atoms with Gasteiger partial charge in [-0.2, -0.15) is 0 Å². The number of pyridine rings is 1. The maximum Gasteiger partial charge on any atom is 0.308 e. The minimum atomic E-state index is -0.759. The zero-order valence-electron chi connectivity index (χ0n) is 12.2. The number of aliphatic carboxylic acids is 1. The quantitative estimate of drug-likeness (QED) is 0.864. The Morgan fingerprint density at radius 1 is 1.45 bits per heavy atom. The normalized spacial score (nSPS) is 16.2. The van der Waals surface area contributed by atoms with E-state index in [1.807, 2.05) is 25.3 Å². The molecule has 0 aliphatic carbocycles. The standard InChI is InChI=1S/C15H23N3O2/c1-3-17(11-12(2)15(19)20)13-6-7-14(16-10-13)18-8-4-5-9-18/h6-7,10,12H,3-5,8-9,11H2,1-2H3,(H,19,20). The smallest absolute Gasteiger partial charge is 0.308 e. The maximum atomic E-state index is 11.0. The van der Waals surface area contributed by atoms with Crippen LogP contribution in [0.3, 0.4) is 0 Å². The SMILES string of the molecule is CCN(CC(C)C(=O)O)c1ccc(N2CCCC2)nc1. The van der Waals surface area contributed by atoms with Gasteiger partial charge >= 0.3 is 5.97 Å². The molecule has 1 fully saturated rings. The Labute approximate surface area is 120 Å². The highest BCUT2D eigenvalue weighted by Crippen LogP contribution is 2.21. The number of carboxylic acids is 1. The maximum absolute atomic E-state index is 11.0. The Bertz CT molecular complexity index is 441. The first kappa shape index (κ1) is 14.6. The summed E-state index contributed by atoms with van der Waals surface area (Å²) in [4.78, 5) is 19.8. The molecule has 1 aromatic heterocycles. The van der Waals surface area contributed by atoms with E-state index in [-0.39, 0.29) is 5.92 Å². The highest BCUT2D eigenvalue weighted by atomic mass is 16.4. The number of aromatic nitrogens is 1. The van der Waals surface area contributed by atoms with E-state index in [4.69, 9.17) is 5.11 Å². The van der Waals surface area contributed by atoms with Crippen molar-refractivity contribution in [3.63, 3.8) is 0 Å². The first-order valence-corrected chi connectivity index (χ1v) is 7.30. The van der Waals surface area contributed by atoms with Crippen molar-refractivity contribution in [1.29, 1.82) is 0 Å². The monoisotopic (exact) mass is 277 g/mol. The molecule has 2 rings (SSSR count). The van der Waals surface area contributed by atoms with Gasteiger partial charge in [-0.05, 0) is 31.9 Å². The lowest BCUT2D eigenvalue weighted by molar-refractivity contribution is -0.140. The highest BCUT2D eigenvalue weighted by Gasteiger charge is 2.17. The van der Waals surface area contributed by atoms with E-state index in [0.29, 0.717) is 6.54 Å². The summed E-state index contributed by atoms with van der Waals surface area (Å²) in [6.45, 7) is 7.22. The molecule has 1 N–H and O–H groups in total. The van der Waals surface area contributed by atoms with Crippen LogP contribution >= 0.6 is 0 Å². The van der Waals surface area contributed by atoms with Crippen LogP contribution in [-0.4, -0.2) is 42.2 Å². The van der Waals surface area contributed by atoms with Crippen LogP contribution < -0.4 is 9.80 Å². The van der Waals surface area contributed by atoms with E-state index in [1.165, 1.54) is 12.8 Å². The van der Waals surface area contributed by atoms with E-state index in [0.717, 1.165) is 31.1 Å². The average molecular weight is 277 g/mol. The minimum Gasteiger partial charge on any atom is -0.481 e. The topological polar surface area (TPSA) is 56.7 Å². The zero-order chi connectivity index (χ0) is 14.5. The zero-order valence-corrected chi connectivity index (χ0v) is 12.2. The van der Waals surface area contributed by atoms with Crippen molar-refractivity contribution in [3.8, 4) is 0 Å². The van der Waals surface area contributed by atoms with Gasteiger partial charge < -0.3 is 14.9 Å². The van der Waals surface area contributed by atoms with Crippen LogP contribution in [0.2, 0.25) is 0 Å². The molecule has 0 saturated carbocycles. The summed E-state index contributed by atoms with van der Waals surface area (Å²) in [5.74, 6) is -0.119. The van der Waals surface area contributed by atoms with Crippen molar-refractivity contribution in [2.45, 2.75) is 26.7 Å². The second-order valence-corrected chi connectivity index (χ2v) is 5.35. The lowest BCUT2D eigenvalue weighted by atomic mass is 10.1. The molecule has 0 amide bonds. The average Bonchev–Trinajstić information content (AvgIpc) is 2.98. The summed E-state index contributed by atoms with van der Waals surface area (Å²) in [6.07, 6.45) is 4.33. The molecule has 0 radical (unpaired) electrons. The number of carbonyl (C=O) groups is 1. The van der Waals surface area contributed by atoms with Gasteiger partial charge in [0.15, 0.2) is 0 Å². The lowest BCUT2D eigenvalue weighted by Gasteiger charge is -2.25. The molecule has 5 heteroatoms. The molecule has 1 aliphatic heterocycles. The van der Waals surface area contributed by atoms with E-state index >= 15 is 0 Å². The number of carboxylic acid groups (broad SMARTS) is 1. The number of hydrogen-bond donors (Lipinski definition) is 1. The largest absolute Gasteiger partial charge is 0.481 e. The van der Waals surface area contributed by atoms with E-state index in [9.17, 15) is 4.79 Å². The van der Waals surface area contributed by atoms with Gasteiger partial charge in [0, 0.05) is 26.2 Å². The molecular weight excluding hydrogens is 254 g/mol. The van der Waals surface area contributed by atoms with Crippen molar-refractivity contribution in [2.24, 2.45) is 5.92 Å². The summed E-state index contributed by atoms with van der Waals surface area (Å²) in [7, 11) is 0. The third kappa shape index (κ3) is 3.40. The predicted molar refractivity (Wildman–Crippen MR) is 80.4 cm³/mol.